The molecular formula is C25H27FN2O4. The van der Waals surface area contributed by atoms with Crippen molar-refractivity contribution in [2.45, 2.75) is 38.7 Å². The first-order chi connectivity index (χ1) is 15.5. The molecule has 2 heterocycles. The summed E-state index contributed by atoms with van der Waals surface area (Å²) in [5, 5.41) is 4.18. The van der Waals surface area contributed by atoms with Gasteiger partial charge in [0.15, 0.2) is 0 Å². The van der Waals surface area contributed by atoms with Crippen LogP contribution in [0.4, 0.5) is 4.39 Å². The van der Waals surface area contributed by atoms with Crippen molar-refractivity contribution in [3.63, 3.8) is 0 Å². The Kier molecular flexibility index (Phi) is 6.53. The van der Waals surface area contributed by atoms with Crippen molar-refractivity contribution in [2.75, 3.05) is 19.7 Å². The average Bonchev–Trinajstić information content (AvgIpc) is 3.28. The van der Waals surface area contributed by atoms with Gasteiger partial charge in [-0.3, -0.25) is 9.59 Å². The number of rotatable bonds is 6. The van der Waals surface area contributed by atoms with Crippen molar-refractivity contribution < 1.29 is 23.6 Å². The van der Waals surface area contributed by atoms with Crippen LogP contribution >= 0.6 is 0 Å². The molecule has 4 rings (SSSR count). The average molecular weight is 438 g/mol. The van der Waals surface area contributed by atoms with Gasteiger partial charge < -0.3 is 14.5 Å². The first-order valence-electron chi connectivity index (χ1n) is 11.0. The molecule has 1 saturated heterocycles. The predicted octanol–water partition coefficient (Wildman–Crippen LogP) is 4.19. The molecule has 32 heavy (non-hydrogen) atoms. The molecule has 2 unspecified atom stereocenters. The van der Waals surface area contributed by atoms with Crippen molar-refractivity contribution in [3.05, 3.63) is 71.5 Å². The highest BCUT2D eigenvalue weighted by atomic mass is 19.1. The number of carbonyl (C=O) groups is 2. The number of hydrogen-bond acceptors (Lipinski definition) is 5. The minimum absolute atomic E-state index is 0.0884. The normalized spacial score (nSPS) is 22.8. The summed E-state index contributed by atoms with van der Waals surface area (Å²) in [5.74, 6) is -0.699. The minimum Gasteiger partial charge on any atom is -0.466 e. The second-order valence-electron chi connectivity index (χ2n) is 8.38. The summed E-state index contributed by atoms with van der Waals surface area (Å²) in [6.07, 6.45) is 1.93. The fraction of sp³-hybridized carbons (Fsp3) is 0.400. The smallest absolute Gasteiger partial charge is 0.314 e. The van der Waals surface area contributed by atoms with E-state index in [9.17, 15) is 14.0 Å². The molecule has 2 aromatic rings. The highest BCUT2D eigenvalue weighted by molar-refractivity contribution is 6.01. The van der Waals surface area contributed by atoms with Gasteiger partial charge in [-0.25, -0.2) is 4.39 Å². The van der Waals surface area contributed by atoms with Crippen LogP contribution in [0.5, 0.6) is 0 Å². The van der Waals surface area contributed by atoms with E-state index in [0.29, 0.717) is 37.8 Å². The van der Waals surface area contributed by atoms with Gasteiger partial charge in [-0.2, -0.15) is 0 Å². The Balaban J connectivity index is 1.50. The molecule has 2 aliphatic heterocycles. The third-order valence-electron chi connectivity index (χ3n) is 6.12. The molecule has 168 valence electrons. The summed E-state index contributed by atoms with van der Waals surface area (Å²) in [4.78, 5) is 33.6. The lowest BCUT2D eigenvalue weighted by Gasteiger charge is -2.41. The second-order valence-corrected chi connectivity index (χ2v) is 8.38. The van der Waals surface area contributed by atoms with Gasteiger partial charge in [-0.1, -0.05) is 35.5 Å². The summed E-state index contributed by atoms with van der Waals surface area (Å²) in [6.45, 7) is 2.93. The molecule has 1 fully saturated rings. The SMILES string of the molecule is CCOC(=O)C1(CC2CC(c3ccc(F)cc3)=NO2)CCCN(C(=O)c2ccccc2)C1. The third kappa shape index (κ3) is 4.66. The van der Waals surface area contributed by atoms with Crippen molar-refractivity contribution in [1.29, 1.82) is 0 Å². The molecule has 2 aliphatic rings. The van der Waals surface area contributed by atoms with E-state index in [1.54, 1.807) is 36.1 Å². The lowest BCUT2D eigenvalue weighted by Crippen LogP contribution is -2.51. The largest absolute Gasteiger partial charge is 0.466 e. The summed E-state index contributed by atoms with van der Waals surface area (Å²) in [5.41, 5.74) is 1.27. The monoisotopic (exact) mass is 438 g/mol. The van der Waals surface area contributed by atoms with Gasteiger partial charge in [0.1, 0.15) is 11.9 Å². The summed E-state index contributed by atoms with van der Waals surface area (Å²) >= 11 is 0. The number of hydrogen-bond donors (Lipinski definition) is 0. The number of ether oxygens (including phenoxy) is 1. The molecular weight excluding hydrogens is 411 g/mol. The number of likely N-dealkylation sites (tertiary alicyclic amines) is 1. The van der Waals surface area contributed by atoms with Crippen LogP contribution < -0.4 is 0 Å². The molecule has 0 aliphatic carbocycles. The van der Waals surface area contributed by atoms with Crippen LogP contribution in [0.15, 0.2) is 59.8 Å². The highest BCUT2D eigenvalue weighted by Crippen LogP contribution is 2.39. The highest BCUT2D eigenvalue weighted by Gasteiger charge is 2.47. The van der Waals surface area contributed by atoms with E-state index in [-0.39, 0.29) is 36.9 Å². The number of benzene rings is 2. The van der Waals surface area contributed by atoms with Gasteiger partial charge in [0.2, 0.25) is 0 Å². The zero-order valence-electron chi connectivity index (χ0n) is 18.1. The third-order valence-corrected chi connectivity index (χ3v) is 6.12. The molecule has 1 amide bonds. The molecule has 0 spiro atoms. The van der Waals surface area contributed by atoms with E-state index in [1.807, 2.05) is 18.2 Å². The van der Waals surface area contributed by atoms with Crippen LogP contribution in [-0.2, 0) is 14.4 Å². The standard InChI is InChI=1S/C25H27FN2O4/c1-2-31-24(30)25(13-6-14-28(17-25)23(29)19-7-4-3-5-8-19)16-21-15-22(27-32-21)18-9-11-20(26)12-10-18/h3-5,7-12,21H,2,6,13-17H2,1H3. The van der Waals surface area contributed by atoms with Gasteiger partial charge in [0, 0.05) is 31.5 Å². The maximum absolute atomic E-state index is 13.2. The topological polar surface area (TPSA) is 68.2 Å². The van der Waals surface area contributed by atoms with E-state index in [1.165, 1.54) is 12.1 Å². The van der Waals surface area contributed by atoms with Crippen LogP contribution in [0.1, 0.15) is 48.5 Å². The molecule has 0 aromatic heterocycles. The Morgan fingerprint density at radius 1 is 1.19 bits per heavy atom. The summed E-state index contributed by atoms with van der Waals surface area (Å²) in [6, 6.07) is 15.2. The molecule has 2 atom stereocenters. The van der Waals surface area contributed by atoms with E-state index in [2.05, 4.69) is 5.16 Å². The van der Waals surface area contributed by atoms with Gasteiger partial charge >= 0.3 is 5.97 Å². The lowest BCUT2D eigenvalue weighted by atomic mass is 9.74. The Hall–Kier alpha value is -3.22. The summed E-state index contributed by atoms with van der Waals surface area (Å²) in [7, 11) is 0. The van der Waals surface area contributed by atoms with Crippen LogP contribution in [0.3, 0.4) is 0 Å². The Morgan fingerprint density at radius 3 is 2.66 bits per heavy atom. The van der Waals surface area contributed by atoms with Crippen LogP contribution in [0, 0.1) is 11.2 Å². The number of esters is 1. The molecule has 0 N–H and O–H groups in total. The van der Waals surface area contributed by atoms with Gasteiger partial charge in [-0.15, -0.1) is 0 Å². The Labute approximate surface area is 187 Å². The maximum atomic E-state index is 13.2. The van der Waals surface area contributed by atoms with Gasteiger partial charge in [0.25, 0.3) is 5.91 Å². The first-order valence-corrected chi connectivity index (χ1v) is 11.0. The molecule has 6 nitrogen and oxygen atoms in total. The fourth-order valence-electron chi connectivity index (χ4n) is 4.56. The Morgan fingerprint density at radius 2 is 1.94 bits per heavy atom. The predicted molar refractivity (Wildman–Crippen MR) is 118 cm³/mol. The second kappa shape index (κ2) is 9.51. The van der Waals surface area contributed by atoms with E-state index in [0.717, 1.165) is 11.3 Å². The van der Waals surface area contributed by atoms with Crippen LogP contribution in [-0.4, -0.2) is 48.3 Å². The van der Waals surface area contributed by atoms with Crippen LogP contribution in [0.25, 0.3) is 0 Å². The quantitative estimate of drug-likeness (QED) is 0.634. The molecule has 7 heteroatoms. The molecule has 0 bridgehead atoms. The number of piperidine rings is 1. The number of amides is 1. The van der Waals surface area contributed by atoms with E-state index in [4.69, 9.17) is 9.57 Å². The van der Waals surface area contributed by atoms with Gasteiger partial charge in [0.05, 0.1) is 17.7 Å². The van der Waals surface area contributed by atoms with Crippen molar-refractivity contribution in [3.8, 4) is 0 Å². The van der Waals surface area contributed by atoms with Crippen molar-refractivity contribution in [1.82, 2.24) is 4.90 Å². The summed E-state index contributed by atoms with van der Waals surface area (Å²) < 4.78 is 18.7. The number of halogens is 1. The maximum Gasteiger partial charge on any atom is 0.314 e. The number of oxime groups is 1. The first kappa shape index (κ1) is 22.0. The molecule has 0 radical (unpaired) electrons. The van der Waals surface area contributed by atoms with Gasteiger partial charge in [-0.05, 0) is 49.6 Å². The molecule has 2 aromatic carbocycles. The lowest BCUT2D eigenvalue weighted by molar-refractivity contribution is -0.161. The Bertz CT molecular complexity index is 993. The zero-order valence-corrected chi connectivity index (χ0v) is 18.1. The van der Waals surface area contributed by atoms with Crippen molar-refractivity contribution >= 4 is 17.6 Å². The molecule has 0 saturated carbocycles. The van der Waals surface area contributed by atoms with Crippen LogP contribution in [0.2, 0.25) is 0 Å². The van der Waals surface area contributed by atoms with E-state index < -0.39 is 5.41 Å². The zero-order chi connectivity index (χ0) is 22.6. The van der Waals surface area contributed by atoms with Crippen molar-refractivity contribution in [2.24, 2.45) is 10.6 Å². The number of carbonyl (C=O) groups excluding carboxylic acids is 2. The number of nitrogens with zero attached hydrogens (tertiary/aromatic N) is 2. The van der Waals surface area contributed by atoms with E-state index >= 15 is 0 Å². The fourth-order valence-corrected chi connectivity index (χ4v) is 4.56. The minimum atomic E-state index is -0.850.